The molecule has 1 aliphatic rings. The molecule has 2 N–H and O–H groups in total. The third kappa shape index (κ3) is 3.22. The molecule has 0 aliphatic carbocycles. The Bertz CT molecular complexity index is 1050. The van der Waals surface area contributed by atoms with Crippen molar-refractivity contribution in [2.45, 2.75) is 10.3 Å². The van der Waals surface area contributed by atoms with Crippen molar-refractivity contribution >= 4 is 32.2 Å². The minimum Gasteiger partial charge on any atom is -0.292 e. The van der Waals surface area contributed by atoms with Gasteiger partial charge in [0.2, 0.25) is 10.0 Å². The van der Waals surface area contributed by atoms with Gasteiger partial charge in [-0.3, -0.25) is 4.99 Å². The van der Waals surface area contributed by atoms with E-state index in [2.05, 4.69) is 20.9 Å². The van der Waals surface area contributed by atoms with Gasteiger partial charge in [0.25, 0.3) is 0 Å². The van der Waals surface area contributed by atoms with Crippen molar-refractivity contribution in [2.75, 3.05) is 6.54 Å². The molecule has 2 aromatic carbocycles. The summed E-state index contributed by atoms with van der Waals surface area (Å²) in [5.41, 5.74) is -0.708. The van der Waals surface area contributed by atoms with Crippen LogP contribution in [0.25, 0.3) is 0 Å². The number of allylic oxidation sites excluding steroid dienone is 1. The van der Waals surface area contributed by atoms with Gasteiger partial charge in [0.1, 0.15) is 22.3 Å². The number of nitrogens with two attached hydrogens (primary N) is 1. The van der Waals surface area contributed by atoms with Gasteiger partial charge in [-0.15, -0.1) is 0 Å². The second-order valence-corrected chi connectivity index (χ2v) is 8.08. The van der Waals surface area contributed by atoms with Crippen LogP contribution in [0.5, 0.6) is 0 Å². The fourth-order valence-electron chi connectivity index (χ4n) is 2.93. The van der Waals surface area contributed by atoms with Crippen molar-refractivity contribution in [2.24, 2.45) is 10.1 Å². The van der Waals surface area contributed by atoms with E-state index in [0.717, 1.165) is 24.3 Å². The van der Waals surface area contributed by atoms with E-state index in [1.165, 1.54) is 12.3 Å². The second-order valence-electron chi connectivity index (χ2n) is 5.76. The van der Waals surface area contributed by atoms with Crippen LogP contribution in [-0.2, 0) is 15.4 Å². The maximum absolute atomic E-state index is 14.4. The zero-order valence-electron chi connectivity index (χ0n) is 13.1. The smallest absolute Gasteiger partial charge is 0.240 e. The number of hydrogen-bond acceptors (Lipinski definition) is 3. The molecule has 1 unspecified atom stereocenters. The lowest BCUT2D eigenvalue weighted by atomic mass is 9.73. The molecular weight excluding hydrogens is 433 g/mol. The largest absolute Gasteiger partial charge is 0.292 e. The molecule has 0 fully saturated rings. The van der Waals surface area contributed by atoms with Crippen LogP contribution in [0.2, 0.25) is 0 Å². The Morgan fingerprint density at radius 2 is 1.85 bits per heavy atom. The molecule has 0 spiro atoms. The second kappa shape index (κ2) is 6.64. The third-order valence-electron chi connectivity index (χ3n) is 4.14. The Labute approximate surface area is 156 Å². The maximum Gasteiger partial charge on any atom is 0.240 e. The lowest BCUT2D eigenvalue weighted by Crippen LogP contribution is -2.32. The molecular formula is C17H12BrF3N2O2S. The van der Waals surface area contributed by atoms with Crippen molar-refractivity contribution < 1.29 is 21.6 Å². The quantitative estimate of drug-likeness (QED) is 0.736. The van der Waals surface area contributed by atoms with Crippen LogP contribution in [0.3, 0.4) is 0 Å². The Morgan fingerprint density at radius 3 is 2.42 bits per heavy atom. The SMILES string of the molecule is NS(=O)(=O)c1ccc(C2(c3cc(F)cc(F)c3Br)C=CC=NC2)cc1F. The van der Waals surface area contributed by atoms with Gasteiger partial charge in [0.05, 0.1) is 16.4 Å². The highest BCUT2D eigenvalue weighted by molar-refractivity contribution is 9.10. The van der Waals surface area contributed by atoms with Gasteiger partial charge in [-0.05, 0) is 51.3 Å². The molecule has 0 bridgehead atoms. The monoisotopic (exact) mass is 444 g/mol. The van der Waals surface area contributed by atoms with Crippen molar-refractivity contribution in [3.05, 3.63) is 75.5 Å². The zero-order chi connectivity index (χ0) is 19.1. The fourth-order valence-corrected chi connectivity index (χ4v) is 4.10. The van der Waals surface area contributed by atoms with E-state index >= 15 is 0 Å². The van der Waals surface area contributed by atoms with E-state index in [1.54, 1.807) is 12.2 Å². The molecule has 136 valence electrons. The summed E-state index contributed by atoms with van der Waals surface area (Å²) in [6.07, 6.45) is 4.71. The fraction of sp³-hybridized carbons (Fsp3) is 0.118. The van der Waals surface area contributed by atoms with Crippen LogP contribution in [0.15, 0.2) is 56.8 Å². The highest BCUT2D eigenvalue weighted by Gasteiger charge is 2.36. The number of nitrogens with zero attached hydrogens (tertiary/aromatic N) is 1. The van der Waals surface area contributed by atoms with Crippen LogP contribution < -0.4 is 5.14 Å². The van der Waals surface area contributed by atoms with Crippen LogP contribution in [-0.4, -0.2) is 21.2 Å². The number of rotatable bonds is 3. The van der Waals surface area contributed by atoms with Gasteiger partial charge in [0.15, 0.2) is 0 Å². The molecule has 1 heterocycles. The summed E-state index contributed by atoms with van der Waals surface area (Å²) >= 11 is 3.11. The first-order valence-electron chi connectivity index (χ1n) is 7.31. The summed E-state index contributed by atoms with van der Waals surface area (Å²) in [5, 5.41) is 4.98. The minimum absolute atomic E-state index is 0.0107. The maximum atomic E-state index is 14.4. The van der Waals surface area contributed by atoms with Crippen LogP contribution in [0.4, 0.5) is 13.2 Å². The highest BCUT2D eigenvalue weighted by Crippen LogP contribution is 2.41. The third-order valence-corrected chi connectivity index (χ3v) is 5.89. The lowest BCUT2D eigenvalue weighted by Gasteiger charge is -2.33. The molecule has 0 aromatic heterocycles. The average Bonchev–Trinajstić information content (AvgIpc) is 2.57. The van der Waals surface area contributed by atoms with E-state index in [-0.39, 0.29) is 22.1 Å². The summed E-state index contributed by atoms with van der Waals surface area (Å²) < 4.78 is 65.1. The first kappa shape index (κ1) is 18.8. The molecule has 0 radical (unpaired) electrons. The number of benzene rings is 2. The predicted octanol–water partition coefficient (Wildman–Crippen LogP) is 3.44. The van der Waals surface area contributed by atoms with Gasteiger partial charge in [-0.1, -0.05) is 12.1 Å². The number of aliphatic imine (C=N–C) groups is 1. The van der Waals surface area contributed by atoms with Crippen molar-refractivity contribution in [1.29, 1.82) is 0 Å². The Hall–Kier alpha value is -1.97. The minimum atomic E-state index is -4.24. The highest BCUT2D eigenvalue weighted by atomic mass is 79.9. The Kier molecular flexibility index (Phi) is 4.80. The number of hydrogen-bond donors (Lipinski definition) is 1. The lowest BCUT2D eigenvalue weighted by molar-refractivity contribution is 0.550. The molecule has 3 rings (SSSR count). The first-order chi connectivity index (χ1) is 12.1. The normalized spacial score (nSPS) is 19.7. The molecule has 26 heavy (non-hydrogen) atoms. The van der Waals surface area contributed by atoms with E-state index in [4.69, 9.17) is 5.14 Å². The van der Waals surface area contributed by atoms with Crippen LogP contribution >= 0.6 is 15.9 Å². The molecule has 0 amide bonds. The van der Waals surface area contributed by atoms with Crippen molar-refractivity contribution in [3.63, 3.8) is 0 Å². The van der Waals surface area contributed by atoms with Gasteiger partial charge < -0.3 is 0 Å². The summed E-state index contributed by atoms with van der Waals surface area (Å²) in [7, 11) is -4.24. The van der Waals surface area contributed by atoms with Crippen LogP contribution in [0.1, 0.15) is 11.1 Å². The summed E-state index contributed by atoms with van der Waals surface area (Å²) in [5.74, 6) is -2.67. The molecule has 0 saturated heterocycles. The van der Waals surface area contributed by atoms with E-state index in [1.807, 2.05) is 0 Å². The number of sulfonamides is 1. The number of primary sulfonamides is 1. The summed E-state index contributed by atoms with van der Waals surface area (Å²) in [4.78, 5) is 3.48. The summed E-state index contributed by atoms with van der Waals surface area (Å²) in [6.45, 7) is 0.0547. The van der Waals surface area contributed by atoms with Gasteiger partial charge in [0, 0.05) is 12.3 Å². The Morgan fingerprint density at radius 1 is 1.12 bits per heavy atom. The molecule has 1 atom stereocenters. The number of halogens is 4. The van der Waals surface area contributed by atoms with Crippen LogP contribution in [0, 0.1) is 17.5 Å². The van der Waals surface area contributed by atoms with E-state index < -0.39 is 37.8 Å². The first-order valence-corrected chi connectivity index (χ1v) is 9.64. The number of dihydropyridines is 1. The van der Waals surface area contributed by atoms with Crippen molar-refractivity contribution in [1.82, 2.24) is 0 Å². The van der Waals surface area contributed by atoms with Gasteiger partial charge >= 0.3 is 0 Å². The van der Waals surface area contributed by atoms with Gasteiger partial charge in [-0.25, -0.2) is 26.7 Å². The molecule has 1 aliphatic heterocycles. The Balaban J connectivity index is 2.28. The van der Waals surface area contributed by atoms with E-state index in [0.29, 0.717) is 0 Å². The van der Waals surface area contributed by atoms with E-state index in [9.17, 15) is 21.6 Å². The topological polar surface area (TPSA) is 72.5 Å². The zero-order valence-corrected chi connectivity index (χ0v) is 15.5. The molecule has 9 heteroatoms. The van der Waals surface area contributed by atoms with Crippen molar-refractivity contribution in [3.8, 4) is 0 Å². The van der Waals surface area contributed by atoms with Gasteiger partial charge in [-0.2, -0.15) is 0 Å². The predicted molar refractivity (Wildman–Crippen MR) is 95.1 cm³/mol. The molecule has 2 aromatic rings. The molecule has 0 saturated carbocycles. The molecule has 4 nitrogen and oxygen atoms in total. The standard InChI is InChI=1S/C17H12BrF3N2O2S/c18-16-12(7-11(19)8-14(16)21)17(4-1-5-23-9-17)10-2-3-15(13(20)6-10)26(22,24)25/h1-8H,9H2,(H2,22,24,25). The summed E-state index contributed by atoms with van der Waals surface area (Å²) in [6, 6.07) is 5.21. The average molecular weight is 445 g/mol.